The van der Waals surface area contributed by atoms with Crippen LogP contribution >= 0.6 is 11.8 Å². The molecule has 14 heteroatoms. The highest BCUT2D eigenvalue weighted by Crippen LogP contribution is 2.28. The summed E-state index contributed by atoms with van der Waals surface area (Å²) in [6.07, 6.45) is 0.916. The zero-order valence-electron chi connectivity index (χ0n) is 25.3. The van der Waals surface area contributed by atoms with Gasteiger partial charge < -0.3 is 16.0 Å². The Morgan fingerprint density at radius 2 is 1.55 bits per heavy atom. The lowest BCUT2D eigenvalue weighted by molar-refractivity contribution is -0.384. The van der Waals surface area contributed by atoms with Gasteiger partial charge in [-0.15, -0.1) is 11.8 Å². The molecule has 0 aromatic heterocycles. The molecular formula is C33H33N5O7S2. The van der Waals surface area contributed by atoms with Gasteiger partial charge >= 0.3 is 0 Å². The van der Waals surface area contributed by atoms with Gasteiger partial charge in [0.25, 0.3) is 21.6 Å². The molecule has 0 saturated heterocycles. The second-order valence-electron chi connectivity index (χ2n) is 10.3. The van der Waals surface area contributed by atoms with Gasteiger partial charge in [0, 0.05) is 41.4 Å². The van der Waals surface area contributed by atoms with E-state index in [0.29, 0.717) is 30.8 Å². The van der Waals surface area contributed by atoms with Gasteiger partial charge in [-0.1, -0.05) is 48.5 Å². The van der Waals surface area contributed by atoms with Gasteiger partial charge in [0.15, 0.2) is 0 Å². The number of nitrogens with zero attached hydrogens (tertiary/aromatic N) is 1. The molecular weight excluding hydrogens is 643 g/mol. The minimum absolute atomic E-state index is 0.0298. The number of nitrogens with one attached hydrogen (secondary N) is 4. The summed E-state index contributed by atoms with van der Waals surface area (Å²) in [5.41, 5.74) is 0.999. The molecule has 0 saturated carbocycles. The molecule has 0 spiro atoms. The van der Waals surface area contributed by atoms with Crippen LogP contribution in [0.1, 0.15) is 29.3 Å². The molecule has 0 aliphatic carbocycles. The van der Waals surface area contributed by atoms with Gasteiger partial charge in [0.2, 0.25) is 11.8 Å². The molecule has 0 aliphatic heterocycles. The van der Waals surface area contributed by atoms with Gasteiger partial charge in [-0.05, 0) is 66.9 Å². The van der Waals surface area contributed by atoms with Crippen LogP contribution in [0.2, 0.25) is 0 Å². The predicted molar refractivity (Wildman–Crippen MR) is 181 cm³/mol. The van der Waals surface area contributed by atoms with E-state index in [0.717, 1.165) is 16.5 Å². The Balaban J connectivity index is 1.36. The molecule has 244 valence electrons. The van der Waals surface area contributed by atoms with Crippen LogP contribution in [-0.2, 0) is 26.0 Å². The molecule has 0 bridgehead atoms. The smallest absolute Gasteiger partial charge is 0.293 e. The van der Waals surface area contributed by atoms with Crippen molar-refractivity contribution in [2.45, 2.75) is 35.6 Å². The summed E-state index contributed by atoms with van der Waals surface area (Å²) in [6.45, 7) is 1.71. The first-order valence-electron chi connectivity index (χ1n) is 14.5. The third-order valence-electron chi connectivity index (χ3n) is 6.81. The van der Waals surface area contributed by atoms with Gasteiger partial charge in [0.1, 0.15) is 11.7 Å². The SMILES string of the molecule is CC(=O)N[C@@H](CCc1ccccc1)C(=O)Nc1ccc(C(=O)NS(=O)(=O)c2ccc(NCCSc3ccccc3)c([N+](=O)[O-])c2)cc1. The average molecular weight is 676 g/mol. The first-order chi connectivity index (χ1) is 22.5. The van der Waals surface area contributed by atoms with E-state index >= 15 is 0 Å². The van der Waals surface area contributed by atoms with Gasteiger partial charge in [-0.2, -0.15) is 0 Å². The maximum absolute atomic E-state index is 13.0. The number of amides is 3. The van der Waals surface area contributed by atoms with Crippen molar-refractivity contribution in [1.82, 2.24) is 10.0 Å². The monoisotopic (exact) mass is 675 g/mol. The third kappa shape index (κ3) is 10.4. The standard InChI is InChI=1S/C33H33N5O7S2/c1-23(39)35-30(18-12-24-8-4-2-5-9-24)33(41)36-26-15-13-25(14-16-26)32(40)37-47(44,45)28-17-19-29(31(22-28)38(42)43)34-20-21-46-27-10-6-3-7-11-27/h2-11,13-17,19,22,30,34H,12,18,20-21H2,1H3,(H,35,39)(H,36,41)(H,37,40)/t30-/m0/s1. The topological polar surface area (TPSA) is 177 Å². The summed E-state index contributed by atoms with van der Waals surface area (Å²) in [5, 5.41) is 20.0. The van der Waals surface area contributed by atoms with E-state index in [1.807, 2.05) is 65.4 Å². The molecule has 4 N–H and O–H groups in total. The lowest BCUT2D eigenvalue weighted by Crippen LogP contribution is -2.43. The van der Waals surface area contributed by atoms with Crippen molar-refractivity contribution >= 4 is 56.6 Å². The molecule has 3 amide bonds. The number of carbonyl (C=O) groups excluding carboxylic acids is 3. The minimum atomic E-state index is -4.47. The largest absolute Gasteiger partial charge is 0.379 e. The summed E-state index contributed by atoms with van der Waals surface area (Å²) in [7, 11) is -4.47. The Hall–Kier alpha value is -5.21. The molecule has 1 atom stereocenters. The van der Waals surface area contributed by atoms with Crippen LogP contribution in [0.25, 0.3) is 0 Å². The van der Waals surface area contributed by atoms with Crippen molar-refractivity contribution in [1.29, 1.82) is 0 Å². The zero-order chi connectivity index (χ0) is 33.8. The molecule has 4 aromatic rings. The number of rotatable bonds is 15. The van der Waals surface area contributed by atoms with Crippen LogP contribution in [-0.4, -0.2) is 49.4 Å². The van der Waals surface area contributed by atoms with E-state index in [1.54, 1.807) is 11.8 Å². The number of hydrogen-bond donors (Lipinski definition) is 4. The zero-order valence-corrected chi connectivity index (χ0v) is 27.0. The van der Waals surface area contributed by atoms with Gasteiger partial charge in [-0.3, -0.25) is 24.5 Å². The highest BCUT2D eigenvalue weighted by Gasteiger charge is 2.24. The second-order valence-corrected chi connectivity index (χ2v) is 13.2. The lowest BCUT2D eigenvalue weighted by atomic mass is 10.0. The fraction of sp³-hybridized carbons (Fsp3) is 0.182. The number of hydrogen-bond acceptors (Lipinski definition) is 9. The summed E-state index contributed by atoms with van der Waals surface area (Å²) in [4.78, 5) is 49.1. The quantitative estimate of drug-likeness (QED) is 0.0585. The molecule has 0 aliphatic rings. The normalized spacial score (nSPS) is 11.6. The Morgan fingerprint density at radius 1 is 0.894 bits per heavy atom. The first kappa shape index (κ1) is 34.7. The Bertz CT molecular complexity index is 1820. The number of nitro benzene ring substituents is 1. The molecule has 47 heavy (non-hydrogen) atoms. The highest BCUT2D eigenvalue weighted by atomic mass is 32.2. The van der Waals surface area contributed by atoms with Gasteiger partial charge in [0.05, 0.1) is 9.82 Å². The number of thioether (sulfide) groups is 1. The van der Waals surface area contributed by atoms with E-state index in [9.17, 15) is 32.9 Å². The third-order valence-corrected chi connectivity index (χ3v) is 9.15. The van der Waals surface area contributed by atoms with E-state index < -0.39 is 43.4 Å². The summed E-state index contributed by atoms with van der Waals surface area (Å²) < 4.78 is 27.9. The van der Waals surface area contributed by atoms with Crippen molar-refractivity contribution in [2.75, 3.05) is 22.9 Å². The molecule has 0 radical (unpaired) electrons. The van der Waals surface area contributed by atoms with Gasteiger partial charge in [-0.25, -0.2) is 13.1 Å². The Kier molecular flexibility index (Phi) is 12.1. The molecule has 4 aromatic carbocycles. The fourth-order valence-corrected chi connectivity index (χ4v) is 6.28. The predicted octanol–water partition coefficient (Wildman–Crippen LogP) is 4.99. The number of anilines is 2. The molecule has 4 rings (SSSR count). The Labute approximate surface area is 276 Å². The van der Waals surface area contributed by atoms with Crippen molar-refractivity contribution in [3.63, 3.8) is 0 Å². The molecule has 0 heterocycles. The van der Waals surface area contributed by atoms with E-state index in [-0.39, 0.29) is 17.2 Å². The fourth-order valence-electron chi connectivity index (χ4n) is 4.49. The lowest BCUT2D eigenvalue weighted by Gasteiger charge is -2.18. The Morgan fingerprint density at radius 3 is 2.19 bits per heavy atom. The van der Waals surface area contributed by atoms with Crippen LogP contribution in [0.3, 0.4) is 0 Å². The van der Waals surface area contributed by atoms with Crippen LogP contribution in [0.4, 0.5) is 17.1 Å². The van der Waals surface area contributed by atoms with Crippen LogP contribution in [0.15, 0.2) is 113 Å². The van der Waals surface area contributed by atoms with E-state index in [1.165, 1.54) is 43.3 Å². The van der Waals surface area contributed by atoms with Crippen molar-refractivity contribution < 1.29 is 27.7 Å². The maximum atomic E-state index is 13.0. The van der Waals surface area contributed by atoms with Crippen LogP contribution in [0.5, 0.6) is 0 Å². The van der Waals surface area contributed by atoms with Crippen molar-refractivity contribution in [2.24, 2.45) is 0 Å². The highest BCUT2D eigenvalue weighted by molar-refractivity contribution is 7.99. The number of benzene rings is 4. The number of carbonyl (C=O) groups is 3. The average Bonchev–Trinajstić information content (AvgIpc) is 3.05. The van der Waals surface area contributed by atoms with E-state index in [4.69, 9.17) is 0 Å². The summed E-state index contributed by atoms with van der Waals surface area (Å²) >= 11 is 1.56. The molecule has 12 nitrogen and oxygen atoms in total. The van der Waals surface area contributed by atoms with Crippen LogP contribution in [0, 0.1) is 10.1 Å². The summed E-state index contributed by atoms with van der Waals surface area (Å²) in [5.74, 6) is -1.17. The number of nitro groups is 1. The number of aryl methyl sites for hydroxylation is 1. The first-order valence-corrected chi connectivity index (χ1v) is 17.0. The maximum Gasteiger partial charge on any atom is 0.293 e. The minimum Gasteiger partial charge on any atom is -0.379 e. The van der Waals surface area contributed by atoms with E-state index in [2.05, 4.69) is 16.0 Å². The molecule has 0 unspecified atom stereocenters. The van der Waals surface area contributed by atoms with Crippen LogP contribution < -0.4 is 20.7 Å². The summed E-state index contributed by atoms with van der Waals surface area (Å²) in [6, 6.07) is 27.2. The number of sulfonamides is 1. The molecule has 0 fully saturated rings. The second kappa shape index (κ2) is 16.4. The van der Waals surface area contributed by atoms with Crippen molar-refractivity contribution in [3.8, 4) is 0 Å². The van der Waals surface area contributed by atoms with Crippen molar-refractivity contribution in [3.05, 3.63) is 124 Å².